The van der Waals surface area contributed by atoms with E-state index in [-0.39, 0.29) is 22.5 Å². The molecular formula is C20H22N4O4. The summed E-state index contributed by atoms with van der Waals surface area (Å²) < 4.78 is 6.83. The minimum Gasteiger partial charge on any atom is -0.504 e. The van der Waals surface area contributed by atoms with Gasteiger partial charge in [-0.3, -0.25) is 9.59 Å². The van der Waals surface area contributed by atoms with Crippen LogP contribution in [0.5, 0.6) is 11.5 Å². The zero-order valence-corrected chi connectivity index (χ0v) is 15.9. The Kier molecular flexibility index (Phi) is 3.95. The second kappa shape index (κ2) is 6.12. The molecule has 8 heteroatoms. The quantitative estimate of drug-likeness (QED) is 0.750. The number of Topliss-reactive ketones (excluding diaryl/α,β-unsaturated/α-hetero) is 1. The number of aromatic nitrogens is 2. The third kappa shape index (κ3) is 2.72. The number of ketones is 1. The van der Waals surface area contributed by atoms with Crippen LogP contribution in [-0.2, 0) is 4.79 Å². The van der Waals surface area contributed by atoms with E-state index < -0.39 is 11.9 Å². The highest BCUT2D eigenvalue weighted by molar-refractivity contribution is 6.02. The minimum atomic E-state index is -0.596. The summed E-state index contributed by atoms with van der Waals surface area (Å²) in [5.74, 6) is 0.196. The highest BCUT2D eigenvalue weighted by Crippen LogP contribution is 2.47. The van der Waals surface area contributed by atoms with Crippen LogP contribution in [0.2, 0.25) is 0 Å². The number of carbonyl (C=O) groups excluding carboxylic acids is 2. The summed E-state index contributed by atoms with van der Waals surface area (Å²) in [5.41, 5.74) is 7.68. The predicted molar refractivity (Wildman–Crippen MR) is 102 cm³/mol. The number of primary amides is 1. The highest BCUT2D eigenvalue weighted by Gasteiger charge is 2.42. The van der Waals surface area contributed by atoms with Crippen molar-refractivity contribution in [1.82, 2.24) is 9.78 Å². The average Bonchev–Trinajstić information content (AvgIpc) is 3.03. The Hall–Kier alpha value is -3.29. The van der Waals surface area contributed by atoms with Gasteiger partial charge in [0.2, 0.25) is 0 Å². The van der Waals surface area contributed by atoms with Crippen molar-refractivity contribution in [2.45, 2.75) is 32.7 Å². The molecule has 1 atom stereocenters. The molecule has 2 heterocycles. The summed E-state index contributed by atoms with van der Waals surface area (Å²) in [6.45, 7) is 4.08. The number of phenolic OH excluding ortho intramolecular Hbond substituents is 1. The van der Waals surface area contributed by atoms with Gasteiger partial charge in [0.15, 0.2) is 17.3 Å². The van der Waals surface area contributed by atoms with E-state index >= 15 is 0 Å². The van der Waals surface area contributed by atoms with Crippen molar-refractivity contribution in [3.8, 4) is 11.5 Å². The fourth-order valence-corrected chi connectivity index (χ4v) is 4.06. The van der Waals surface area contributed by atoms with Crippen molar-refractivity contribution in [3.05, 3.63) is 46.8 Å². The van der Waals surface area contributed by atoms with Crippen LogP contribution >= 0.6 is 0 Å². The van der Waals surface area contributed by atoms with Crippen molar-refractivity contribution in [2.75, 3.05) is 12.4 Å². The van der Waals surface area contributed by atoms with Crippen LogP contribution in [0, 0.1) is 5.41 Å². The number of nitrogens with one attached hydrogen (secondary N) is 1. The highest BCUT2D eigenvalue weighted by atomic mass is 16.5. The second-order valence-corrected chi connectivity index (χ2v) is 8.01. The number of rotatable bonds is 3. The normalized spacial score (nSPS) is 20.2. The summed E-state index contributed by atoms with van der Waals surface area (Å²) in [6.07, 6.45) is 2.48. The Labute approximate surface area is 162 Å². The lowest BCUT2D eigenvalue weighted by molar-refractivity contribution is -0.118. The zero-order valence-electron chi connectivity index (χ0n) is 15.9. The number of phenols is 1. The van der Waals surface area contributed by atoms with E-state index in [4.69, 9.17) is 10.5 Å². The molecule has 146 valence electrons. The molecule has 1 aliphatic carbocycles. The van der Waals surface area contributed by atoms with E-state index in [2.05, 4.69) is 10.4 Å². The van der Waals surface area contributed by atoms with Gasteiger partial charge in [-0.15, -0.1) is 0 Å². The second-order valence-electron chi connectivity index (χ2n) is 8.01. The van der Waals surface area contributed by atoms with Crippen LogP contribution in [0.4, 0.5) is 5.82 Å². The van der Waals surface area contributed by atoms with E-state index in [0.717, 1.165) is 11.3 Å². The van der Waals surface area contributed by atoms with Gasteiger partial charge in [-0.1, -0.05) is 19.9 Å². The molecule has 0 fully saturated rings. The van der Waals surface area contributed by atoms with E-state index in [0.29, 0.717) is 30.0 Å². The molecule has 2 aromatic rings. The molecule has 28 heavy (non-hydrogen) atoms. The number of fused-ring (bicyclic) bond motifs is 1. The standard InChI is InChI=1S/C20H22N4O4/c1-20(2)7-12-16(14(26)8-20)17(10-4-5-13(25)15(6-10)28-3)24-19(23-12)11(9-22-24)18(21)27/h4-6,9,17,23,25H,7-8H2,1-3H3,(H2,21,27). The van der Waals surface area contributed by atoms with Crippen LogP contribution in [0.3, 0.4) is 0 Å². The largest absolute Gasteiger partial charge is 0.504 e. The molecule has 0 radical (unpaired) electrons. The lowest BCUT2D eigenvalue weighted by atomic mass is 9.73. The van der Waals surface area contributed by atoms with Crippen LogP contribution in [0.1, 0.15) is 48.7 Å². The van der Waals surface area contributed by atoms with Gasteiger partial charge in [0.25, 0.3) is 5.91 Å². The van der Waals surface area contributed by atoms with Crippen molar-refractivity contribution in [2.24, 2.45) is 11.1 Å². The topological polar surface area (TPSA) is 119 Å². The van der Waals surface area contributed by atoms with Crippen LogP contribution in [0.25, 0.3) is 0 Å². The van der Waals surface area contributed by atoms with Gasteiger partial charge in [0.1, 0.15) is 17.4 Å². The number of carbonyl (C=O) groups is 2. The number of benzene rings is 1. The molecule has 0 bridgehead atoms. The molecule has 1 aromatic carbocycles. The minimum absolute atomic E-state index is 0.00371. The van der Waals surface area contributed by atoms with E-state index in [1.807, 2.05) is 13.8 Å². The number of ether oxygens (including phenoxy) is 1. The molecule has 2 aliphatic rings. The molecule has 1 aromatic heterocycles. The van der Waals surface area contributed by atoms with Crippen LogP contribution in [-0.4, -0.2) is 33.7 Å². The molecule has 1 aliphatic heterocycles. The lowest BCUT2D eigenvalue weighted by Crippen LogP contribution is -2.37. The van der Waals surface area contributed by atoms with Crippen LogP contribution < -0.4 is 15.8 Å². The summed E-state index contributed by atoms with van der Waals surface area (Å²) in [4.78, 5) is 25.0. The van der Waals surface area contributed by atoms with Crippen molar-refractivity contribution >= 4 is 17.5 Å². The fourth-order valence-electron chi connectivity index (χ4n) is 4.06. The van der Waals surface area contributed by atoms with Gasteiger partial charge in [-0.25, -0.2) is 4.68 Å². The van der Waals surface area contributed by atoms with Crippen molar-refractivity contribution in [3.63, 3.8) is 0 Å². The van der Waals surface area contributed by atoms with E-state index in [1.165, 1.54) is 19.4 Å². The number of nitrogens with zero attached hydrogens (tertiary/aromatic N) is 2. The predicted octanol–water partition coefficient (Wildman–Crippen LogP) is 2.35. The Bertz CT molecular complexity index is 1030. The van der Waals surface area contributed by atoms with Gasteiger partial charge in [0.05, 0.1) is 13.3 Å². The first-order chi connectivity index (χ1) is 13.2. The Morgan fingerprint density at radius 3 is 2.82 bits per heavy atom. The van der Waals surface area contributed by atoms with Gasteiger partial charge in [-0.2, -0.15) is 5.10 Å². The average molecular weight is 382 g/mol. The molecule has 0 saturated carbocycles. The molecule has 4 N–H and O–H groups in total. The Morgan fingerprint density at radius 2 is 2.14 bits per heavy atom. The lowest BCUT2D eigenvalue weighted by Gasteiger charge is -2.39. The first-order valence-electron chi connectivity index (χ1n) is 8.99. The third-order valence-electron chi connectivity index (χ3n) is 5.29. The summed E-state index contributed by atoms with van der Waals surface area (Å²) in [7, 11) is 1.46. The summed E-state index contributed by atoms with van der Waals surface area (Å²) >= 11 is 0. The van der Waals surface area contributed by atoms with Gasteiger partial charge in [-0.05, 0) is 29.5 Å². The number of allylic oxidation sites excluding steroid dienone is 2. The van der Waals surface area contributed by atoms with Gasteiger partial charge < -0.3 is 20.9 Å². The smallest absolute Gasteiger partial charge is 0.254 e. The van der Waals surface area contributed by atoms with Crippen LogP contribution in [0.15, 0.2) is 35.7 Å². The SMILES string of the molecule is COc1cc(C2C3=C(CC(C)(C)CC3=O)Nc3c(C(N)=O)cnn32)ccc1O. The summed E-state index contributed by atoms with van der Waals surface area (Å²) in [5, 5.41) is 17.5. The molecule has 4 rings (SSSR count). The van der Waals surface area contributed by atoms with Crippen molar-refractivity contribution in [1.29, 1.82) is 0 Å². The number of methoxy groups -OCH3 is 1. The molecule has 1 unspecified atom stereocenters. The first kappa shape index (κ1) is 18.1. The van der Waals surface area contributed by atoms with Crippen molar-refractivity contribution < 1.29 is 19.4 Å². The van der Waals surface area contributed by atoms with E-state index in [1.54, 1.807) is 16.8 Å². The molecule has 8 nitrogen and oxygen atoms in total. The molecule has 0 spiro atoms. The monoisotopic (exact) mass is 382 g/mol. The van der Waals surface area contributed by atoms with E-state index in [9.17, 15) is 14.7 Å². The number of hydrogen-bond donors (Lipinski definition) is 3. The zero-order chi connectivity index (χ0) is 20.2. The molecule has 0 saturated heterocycles. The number of amides is 1. The first-order valence-corrected chi connectivity index (χ1v) is 8.99. The van der Waals surface area contributed by atoms with Gasteiger partial charge in [0, 0.05) is 17.7 Å². The number of aromatic hydroxyl groups is 1. The number of nitrogens with two attached hydrogens (primary N) is 1. The Balaban J connectivity index is 1.95. The Morgan fingerprint density at radius 1 is 1.39 bits per heavy atom. The maximum absolute atomic E-state index is 13.1. The third-order valence-corrected chi connectivity index (χ3v) is 5.29. The maximum Gasteiger partial charge on any atom is 0.254 e. The molecular weight excluding hydrogens is 360 g/mol. The molecule has 1 amide bonds. The number of anilines is 1. The number of hydrogen-bond acceptors (Lipinski definition) is 6. The fraction of sp³-hybridized carbons (Fsp3) is 0.350. The summed E-state index contributed by atoms with van der Waals surface area (Å²) in [6, 6.07) is 4.38. The maximum atomic E-state index is 13.1. The van der Waals surface area contributed by atoms with Gasteiger partial charge >= 0.3 is 0 Å².